The molecule has 0 saturated heterocycles. The van der Waals surface area contributed by atoms with E-state index in [1.807, 2.05) is 12.1 Å². The standard InChI is InChI=1S/C18H19BrFN/c19-16-6-9-18(20)14(11-16)10-15(12-21-17-7-8-17)13-4-2-1-3-5-13/h1-6,9,11,15,17,21H,7-8,10,12H2. The fourth-order valence-corrected chi connectivity index (χ4v) is 3.00. The van der Waals surface area contributed by atoms with Crippen molar-refractivity contribution in [2.45, 2.75) is 31.2 Å². The fourth-order valence-electron chi connectivity index (χ4n) is 2.59. The minimum Gasteiger partial charge on any atom is -0.313 e. The van der Waals surface area contributed by atoms with E-state index in [-0.39, 0.29) is 5.82 Å². The highest BCUT2D eigenvalue weighted by molar-refractivity contribution is 9.10. The van der Waals surface area contributed by atoms with Crippen LogP contribution in [0.25, 0.3) is 0 Å². The Labute approximate surface area is 133 Å². The van der Waals surface area contributed by atoms with Crippen LogP contribution in [0.5, 0.6) is 0 Å². The van der Waals surface area contributed by atoms with Crippen LogP contribution in [-0.2, 0) is 6.42 Å². The molecule has 3 rings (SSSR count). The first-order chi connectivity index (χ1) is 10.2. The average Bonchev–Trinajstić information content (AvgIpc) is 3.32. The Bertz CT molecular complexity index is 595. The highest BCUT2D eigenvalue weighted by Crippen LogP contribution is 2.26. The van der Waals surface area contributed by atoms with Gasteiger partial charge in [-0.2, -0.15) is 0 Å². The van der Waals surface area contributed by atoms with Crippen LogP contribution in [0.4, 0.5) is 4.39 Å². The van der Waals surface area contributed by atoms with Gasteiger partial charge in [-0.25, -0.2) is 4.39 Å². The number of halogens is 2. The number of benzene rings is 2. The number of hydrogen-bond donors (Lipinski definition) is 1. The van der Waals surface area contributed by atoms with E-state index >= 15 is 0 Å². The number of hydrogen-bond acceptors (Lipinski definition) is 1. The third-order valence-electron chi connectivity index (χ3n) is 3.98. The molecular weight excluding hydrogens is 329 g/mol. The monoisotopic (exact) mass is 347 g/mol. The topological polar surface area (TPSA) is 12.0 Å². The van der Waals surface area contributed by atoms with Crippen molar-refractivity contribution >= 4 is 15.9 Å². The first kappa shape index (κ1) is 14.7. The number of rotatable bonds is 6. The third-order valence-corrected chi connectivity index (χ3v) is 4.47. The van der Waals surface area contributed by atoms with Crippen LogP contribution in [0.3, 0.4) is 0 Å². The molecule has 0 spiro atoms. The summed E-state index contributed by atoms with van der Waals surface area (Å²) in [7, 11) is 0. The molecule has 1 atom stereocenters. The Morgan fingerprint density at radius 2 is 1.90 bits per heavy atom. The predicted molar refractivity (Wildman–Crippen MR) is 88.0 cm³/mol. The average molecular weight is 348 g/mol. The second-order valence-corrected chi connectivity index (χ2v) is 6.65. The Balaban J connectivity index is 1.78. The van der Waals surface area contributed by atoms with E-state index in [4.69, 9.17) is 0 Å². The van der Waals surface area contributed by atoms with Crippen LogP contribution < -0.4 is 5.32 Å². The highest BCUT2D eigenvalue weighted by Gasteiger charge is 2.23. The van der Waals surface area contributed by atoms with E-state index in [1.54, 1.807) is 6.07 Å². The van der Waals surface area contributed by atoms with Crippen molar-refractivity contribution in [3.8, 4) is 0 Å². The maximum atomic E-state index is 14.0. The lowest BCUT2D eigenvalue weighted by atomic mass is 9.91. The van der Waals surface area contributed by atoms with E-state index in [1.165, 1.54) is 24.5 Å². The van der Waals surface area contributed by atoms with Gasteiger partial charge in [-0.3, -0.25) is 0 Å². The smallest absolute Gasteiger partial charge is 0.126 e. The summed E-state index contributed by atoms with van der Waals surface area (Å²) in [6.45, 7) is 0.903. The minimum atomic E-state index is -0.120. The van der Waals surface area contributed by atoms with Gasteiger partial charge >= 0.3 is 0 Å². The van der Waals surface area contributed by atoms with Gasteiger partial charge in [-0.15, -0.1) is 0 Å². The van der Waals surface area contributed by atoms with Gasteiger partial charge < -0.3 is 5.32 Å². The van der Waals surface area contributed by atoms with Crippen molar-refractivity contribution in [1.29, 1.82) is 0 Å². The molecule has 2 aromatic carbocycles. The second-order valence-electron chi connectivity index (χ2n) is 5.73. The fraction of sp³-hybridized carbons (Fsp3) is 0.333. The van der Waals surface area contributed by atoms with Crippen LogP contribution >= 0.6 is 15.9 Å². The summed E-state index contributed by atoms with van der Waals surface area (Å²) in [4.78, 5) is 0. The molecule has 1 aliphatic rings. The normalized spacial score (nSPS) is 15.9. The van der Waals surface area contributed by atoms with Crippen LogP contribution in [0.1, 0.15) is 29.9 Å². The van der Waals surface area contributed by atoms with Gasteiger partial charge in [-0.05, 0) is 48.6 Å². The molecule has 0 amide bonds. The van der Waals surface area contributed by atoms with Crippen molar-refractivity contribution in [3.05, 3.63) is 69.9 Å². The van der Waals surface area contributed by atoms with Crippen molar-refractivity contribution in [2.75, 3.05) is 6.54 Å². The summed E-state index contributed by atoms with van der Waals surface area (Å²) in [5.74, 6) is 0.182. The van der Waals surface area contributed by atoms with Crippen LogP contribution in [0.15, 0.2) is 53.0 Å². The van der Waals surface area contributed by atoms with Gasteiger partial charge in [0.2, 0.25) is 0 Å². The summed E-state index contributed by atoms with van der Waals surface area (Å²) >= 11 is 3.43. The molecule has 0 aliphatic heterocycles. The minimum absolute atomic E-state index is 0.120. The van der Waals surface area contributed by atoms with Crippen molar-refractivity contribution in [3.63, 3.8) is 0 Å². The Morgan fingerprint density at radius 1 is 1.14 bits per heavy atom. The Morgan fingerprint density at radius 3 is 2.62 bits per heavy atom. The largest absolute Gasteiger partial charge is 0.313 e. The molecule has 1 unspecified atom stereocenters. The van der Waals surface area contributed by atoms with Crippen molar-refractivity contribution in [2.24, 2.45) is 0 Å². The van der Waals surface area contributed by atoms with E-state index in [9.17, 15) is 4.39 Å². The maximum Gasteiger partial charge on any atom is 0.126 e. The molecule has 1 fully saturated rings. The molecule has 0 heterocycles. The van der Waals surface area contributed by atoms with Gasteiger partial charge in [0.25, 0.3) is 0 Å². The first-order valence-electron chi connectivity index (χ1n) is 7.44. The van der Waals surface area contributed by atoms with Gasteiger partial charge in [0.1, 0.15) is 5.82 Å². The predicted octanol–water partition coefficient (Wildman–Crippen LogP) is 4.67. The van der Waals surface area contributed by atoms with Gasteiger partial charge in [0.05, 0.1) is 0 Å². The molecule has 1 saturated carbocycles. The van der Waals surface area contributed by atoms with E-state index in [2.05, 4.69) is 45.5 Å². The molecule has 1 N–H and O–H groups in total. The molecule has 1 nitrogen and oxygen atoms in total. The van der Waals surface area contributed by atoms with Crippen LogP contribution in [-0.4, -0.2) is 12.6 Å². The molecule has 21 heavy (non-hydrogen) atoms. The molecule has 0 aromatic heterocycles. The molecule has 0 radical (unpaired) electrons. The van der Waals surface area contributed by atoms with E-state index < -0.39 is 0 Å². The van der Waals surface area contributed by atoms with Crippen LogP contribution in [0.2, 0.25) is 0 Å². The Hall–Kier alpha value is -1.19. The summed E-state index contributed by atoms with van der Waals surface area (Å²) in [6.07, 6.45) is 3.26. The van der Waals surface area contributed by atoms with Crippen molar-refractivity contribution in [1.82, 2.24) is 5.32 Å². The summed E-state index contributed by atoms with van der Waals surface area (Å²) in [5, 5.41) is 3.58. The maximum absolute atomic E-state index is 14.0. The third kappa shape index (κ3) is 4.14. The molecule has 2 aromatic rings. The molecule has 0 bridgehead atoms. The lowest BCUT2D eigenvalue weighted by molar-refractivity contribution is 0.552. The second kappa shape index (κ2) is 6.71. The first-order valence-corrected chi connectivity index (χ1v) is 8.24. The SMILES string of the molecule is Fc1ccc(Br)cc1CC(CNC1CC1)c1ccccc1. The Kier molecular flexibility index (Phi) is 4.71. The highest BCUT2D eigenvalue weighted by atomic mass is 79.9. The van der Waals surface area contributed by atoms with Gasteiger partial charge in [-0.1, -0.05) is 46.3 Å². The summed E-state index contributed by atoms with van der Waals surface area (Å²) in [6, 6.07) is 16.2. The molecular formula is C18H19BrFN. The molecule has 110 valence electrons. The van der Waals surface area contributed by atoms with E-state index in [0.29, 0.717) is 12.0 Å². The lowest BCUT2D eigenvalue weighted by Gasteiger charge is -2.19. The summed E-state index contributed by atoms with van der Waals surface area (Å²) < 4.78 is 14.9. The van der Waals surface area contributed by atoms with E-state index in [0.717, 1.165) is 23.0 Å². The molecule has 1 aliphatic carbocycles. The van der Waals surface area contributed by atoms with Gasteiger partial charge in [0, 0.05) is 23.0 Å². The van der Waals surface area contributed by atoms with Gasteiger partial charge in [0.15, 0.2) is 0 Å². The molecule has 3 heteroatoms. The zero-order chi connectivity index (χ0) is 14.7. The lowest BCUT2D eigenvalue weighted by Crippen LogP contribution is -2.25. The van der Waals surface area contributed by atoms with Crippen molar-refractivity contribution < 1.29 is 4.39 Å². The zero-order valence-corrected chi connectivity index (χ0v) is 13.4. The quantitative estimate of drug-likeness (QED) is 0.800. The van der Waals surface area contributed by atoms with Crippen LogP contribution in [0, 0.1) is 5.82 Å². The summed E-state index contributed by atoms with van der Waals surface area (Å²) in [5.41, 5.74) is 2.04. The zero-order valence-electron chi connectivity index (χ0n) is 11.9. The number of nitrogens with one attached hydrogen (secondary N) is 1.